The Morgan fingerprint density at radius 2 is 2.22 bits per heavy atom. The molecule has 0 bridgehead atoms. The Morgan fingerprint density at radius 3 is 2.72 bits per heavy atom. The second-order valence-electron chi connectivity index (χ2n) is 4.94. The van der Waals surface area contributed by atoms with Gasteiger partial charge in [0.15, 0.2) is 0 Å². The zero-order valence-corrected chi connectivity index (χ0v) is 11.8. The molecule has 0 saturated carbocycles. The van der Waals surface area contributed by atoms with E-state index in [1.54, 1.807) is 16.7 Å². The molecule has 1 saturated heterocycles. The maximum Gasteiger partial charge on any atom is 0.305 e. The van der Waals surface area contributed by atoms with Crippen molar-refractivity contribution in [3.63, 3.8) is 0 Å². The van der Waals surface area contributed by atoms with Crippen LogP contribution < -0.4 is 5.73 Å². The summed E-state index contributed by atoms with van der Waals surface area (Å²) in [5, 5.41) is 8.91. The van der Waals surface area contributed by atoms with Gasteiger partial charge in [0.2, 0.25) is 5.91 Å². The molecule has 0 aliphatic carbocycles. The number of carbonyl (C=O) groups is 2. The normalized spacial score (nSPS) is 23.5. The first-order valence-corrected chi connectivity index (χ1v) is 7.40. The summed E-state index contributed by atoms with van der Waals surface area (Å²) in [6.07, 6.45) is 0.689. The van der Waals surface area contributed by atoms with Crippen molar-refractivity contribution in [3.05, 3.63) is 0 Å². The third kappa shape index (κ3) is 3.38. The average molecular weight is 274 g/mol. The number of rotatable bonds is 5. The van der Waals surface area contributed by atoms with Crippen molar-refractivity contribution in [1.82, 2.24) is 4.90 Å². The fourth-order valence-electron chi connectivity index (χ4n) is 2.02. The number of amides is 1. The van der Waals surface area contributed by atoms with Crippen LogP contribution in [0.1, 0.15) is 26.7 Å². The first kappa shape index (κ1) is 15.3. The molecule has 0 aromatic carbocycles. The zero-order chi connectivity index (χ0) is 13.8. The SMILES string of the molecule is CCC(C)(CN)C(=O)N1CCSCC1CC(=O)O. The Labute approximate surface area is 112 Å². The molecule has 0 aromatic rings. The third-order valence-electron chi connectivity index (χ3n) is 3.65. The van der Waals surface area contributed by atoms with Crippen LogP contribution in [0.5, 0.6) is 0 Å². The van der Waals surface area contributed by atoms with Gasteiger partial charge in [-0.1, -0.05) is 6.92 Å². The number of hydrogen-bond donors (Lipinski definition) is 2. The smallest absolute Gasteiger partial charge is 0.305 e. The van der Waals surface area contributed by atoms with Crippen molar-refractivity contribution >= 4 is 23.6 Å². The Hall–Kier alpha value is -0.750. The van der Waals surface area contributed by atoms with Crippen molar-refractivity contribution in [2.24, 2.45) is 11.1 Å². The monoisotopic (exact) mass is 274 g/mol. The van der Waals surface area contributed by atoms with Crippen LogP contribution in [0, 0.1) is 5.41 Å². The Morgan fingerprint density at radius 1 is 1.56 bits per heavy atom. The van der Waals surface area contributed by atoms with Crippen LogP contribution in [0.2, 0.25) is 0 Å². The van der Waals surface area contributed by atoms with Crippen molar-refractivity contribution in [2.75, 3.05) is 24.6 Å². The Bertz CT molecular complexity index is 318. The second-order valence-corrected chi connectivity index (χ2v) is 6.09. The Kier molecular flexibility index (Phi) is 5.47. The number of nitrogens with two attached hydrogens (primary N) is 1. The number of thioether (sulfide) groups is 1. The van der Waals surface area contributed by atoms with Gasteiger partial charge in [-0.05, 0) is 13.3 Å². The van der Waals surface area contributed by atoms with Crippen LogP contribution in [0.3, 0.4) is 0 Å². The van der Waals surface area contributed by atoms with Crippen LogP contribution >= 0.6 is 11.8 Å². The molecule has 1 heterocycles. The van der Waals surface area contributed by atoms with E-state index in [0.717, 1.165) is 5.75 Å². The van der Waals surface area contributed by atoms with Crippen LogP contribution in [0.15, 0.2) is 0 Å². The van der Waals surface area contributed by atoms with Gasteiger partial charge in [-0.15, -0.1) is 0 Å². The van der Waals surface area contributed by atoms with Gasteiger partial charge < -0.3 is 15.7 Å². The van der Waals surface area contributed by atoms with Crippen LogP contribution in [0.4, 0.5) is 0 Å². The number of aliphatic carboxylic acids is 1. The van der Waals surface area contributed by atoms with Gasteiger partial charge in [0.1, 0.15) is 0 Å². The minimum absolute atomic E-state index is 0.000880. The molecule has 104 valence electrons. The van der Waals surface area contributed by atoms with E-state index in [4.69, 9.17) is 10.8 Å². The highest BCUT2D eigenvalue weighted by molar-refractivity contribution is 7.99. The molecule has 0 radical (unpaired) electrons. The molecule has 1 fully saturated rings. The highest BCUT2D eigenvalue weighted by atomic mass is 32.2. The van der Waals surface area contributed by atoms with Gasteiger partial charge in [-0.2, -0.15) is 11.8 Å². The second kappa shape index (κ2) is 6.43. The lowest BCUT2D eigenvalue weighted by atomic mass is 9.85. The van der Waals surface area contributed by atoms with E-state index in [9.17, 15) is 9.59 Å². The lowest BCUT2D eigenvalue weighted by Crippen LogP contribution is -2.54. The molecular weight excluding hydrogens is 252 g/mol. The average Bonchev–Trinajstić information content (AvgIpc) is 2.37. The third-order valence-corrected chi connectivity index (χ3v) is 4.74. The molecule has 2 atom stereocenters. The van der Waals surface area contributed by atoms with E-state index in [1.165, 1.54) is 0 Å². The Balaban J connectivity index is 2.82. The molecule has 1 amide bonds. The summed E-state index contributed by atoms with van der Waals surface area (Å²) in [6, 6.07) is -0.203. The summed E-state index contributed by atoms with van der Waals surface area (Å²) >= 11 is 1.70. The fourth-order valence-corrected chi connectivity index (χ4v) is 3.08. The topological polar surface area (TPSA) is 83.6 Å². The van der Waals surface area contributed by atoms with Crippen molar-refractivity contribution in [1.29, 1.82) is 0 Å². The molecule has 5 nitrogen and oxygen atoms in total. The summed E-state index contributed by atoms with van der Waals surface area (Å²) < 4.78 is 0. The zero-order valence-electron chi connectivity index (χ0n) is 11.0. The highest BCUT2D eigenvalue weighted by Crippen LogP contribution is 2.28. The van der Waals surface area contributed by atoms with E-state index in [-0.39, 0.29) is 18.4 Å². The van der Waals surface area contributed by atoms with Gasteiger partial charge >= 0.3 is 5.97 Å². The van der Waals surface area contributed by atoms with Gasteiger partial charge in [-0.25, -0.2) is 0 Å². The number of carboxylic acid groups (broad SMARTS) is 1. The largest absolute Gasteiger partial charge is 0.481 e. The molecule has 2 unspecified atom stereocenters. The number of hydrogen-bond acceptors (Lipinski definition) is 4. The minimum Gasteiger partial charge on any atom is -0.481 e. The lowest BCUT2D eigenvalue weighted by molar-refractivity contribution is -0.145. The predicted molar refractivity (Wildman–Crippen MR) is 72.5 cm³/mol. The molecule has 1 aliphatic rings. The summed E-state index contributed by atoms with van der Waals surface area (Å²) in [4.78, 5) is 25.1. The molecular formula is C12H22N2O3S. The molecule has 6 heteroatoms. The number of carboxylic acids is 1. The summed E-state index contributed by atoms with van der Waals surface area (Å²) in [5.74, 6) is 0.708. The van der Waals surface area contributed by atoms with Crippen LogP contribution in [0.25, 0.3) is 0 Å². The quantitative estimate of drug-likeness (QED) is 0.774. The van der Waals surface area contributed by atoms with Crippen LogP contribution in [-0.4, -0.2) is 52.5 Å². The van der Waals surface area contributed by atoms with Crippen molar-refractivity contribution in [2.45, 2.75) is 32.7 Å². The first-order chi connectivity index (χ1) is 8.44. The van der Waals surface area contributed by atoms with Crippen LogP contribution in [-0.2, 0) is 9.59 Å². The summed E-state index contributed by atoms with van der Waals surface area (Å²) in [6.45, 7) is 4.72. The molecule has 1 rings (SSSR count). The van der Waals surface area contributed by atoms with Crippen molar-refractivity contribution < 1.29 is 14.7 Å². The maximum absolute atomic E-state index is 12.5. The van der Waals surface area contributed by atoms with E-state index >= 15 is 0 Å². The summed E-state index contributed by atoms with van der Waals surface area (Å²) in [7, 11) is 0. The number of nitrogens with zero attached hydrogens (tertiary/aromatic N) is 1. The van der Waals surface area contributed by atoms with Gasteiger partial charge in [0, 0.05) is 24.6 Å². The van der Waals surface area contributed by atoms with E-state index < -0.39 is 11.4 Å². The molecule has 0 spiro atoms. The van der Waals surface area contributed by atoms with Crippen molar-refractivity contribution in [3.8, 4) is 0 Å². The first-order valence-electron chi connectivity index (χ1n) is 6.25. The molecule has 18 heavy (non-hydrogen) atoms. The summed E-state index contributed by atoms with van der Waals surface area (Å²) in [5.41, 5.74) is 5.13. The predicted octanol–water partition coefficient (Wildman–Crippen LogP) is 0.780. The van der Waals surface area contributed by atoms with Gasteiger partial charge in [-0.3, -0.25) is 9.59 Å². The fraction of sp³-hybridized carbons (Fsp3) is 0.833. The standard InChI is InChI=1S/C12H22N2O3S/c1-3-12(2,8-13)11(17)14-4-5-18-7-9(14)6-10(15)16/h9H,3-8,13H2,1-2H3,(H,15,16). The molecule has 3 N–H and O–H groups in total. The minimum atomic E-state index is -0.855. The molecule has 0 aromatic heterocycles. The van der Waals surface area contributed by atoms with Gasteiger partial charge in [0.05, 0.1) is 17.9 Å². The van der Waals surface area contributed by atoms with E-state index in [0.29, 0.717) is 25.3 Å². The maximum atomic E-state index is 12.5. The molecule has 1 aliphatic heterocycles. The van der Waals surface area contributed by atoms with E-state index in [2.05, 4.69) is 0 Å². The number of carbonyl (C=O) groups excluding carboxylic acids is 1. The van der Waals surface area contributed by atoms with E-state index in [1.807, 2.05) is 13.8 Å². The lowest BCUT2D eigenvalue weighted by Gasteiger charge is -2.40. The van der Waals surface area contributed by atoms with Gasteiger partial charge in [0.25, 0.3) is 0 Å². The highest BCUT2D eigenvalue weighted by Gasteiger charge is 2.38.